The Morgan fingerprint density at radius 3 is 2.32 bits per heavy atom. The molecule has 50 heavy (non-hydrogen) atoms. The van der Waals surface area contributed by atoms with Crippen LogP contribution in [-0.4, -0.2) is 33.9 Å². The maximum atomic E-state index is 14.3. The first kappa shape index (κ1) is 35.5. The number of allylic oxidation sites excluding steroid dienone is 1. The van der Waals surface area contributed by atoms with Crippen LogP contribution in [0.3, 0.4) is 0 Å². The molecule has 1 amide bonds. The van der Waals surface area contributed by atoms with Gasteiger partial charge in [0.1, 0.15) is 18.4 Å². The number of hydrogen-bond acceptors (Lipinski definition) is 8. The Morgan fingerprint density at radius 1 is 0.860 bits per heavy atom. The van der Waals surface area contributed by atoms with E-state index >= 15 is 0 Å². The molecular weight excluding hydrogens is 717 g/mol. The Kier molecular flexibility index (Phi) is 11.4. The van der Waals surface area contributed by atoms with Gasteiger partial charge in [-0.3, -0.25) is 4.79 Å². The molecule has 13 heteroatoms. The van der Waals surface area contributed by atoms with E-state index in [0.29, 0.717) is 84.9 Å². The quantitative estimate of drug-likeness (QED) is 0.115. The van der Waals surface area contributed by atoms with Gasteiger partial charge in [0.05, 0.1) is 24.5 Å². The highest BCUT2D eigenvalue weighted by Gasteiger charge is 2.35. The number of benzene rings is 4. The van der Waals surface area contributed by atoms with Crippen molar-refractivity contribution < 1.29 is 19.0 Å². The topological polar surface area (TPSA) is 99.5 Å². The number of para-hydroxylation sites is 2. The fourth-order valence-corrected chi connectivity index (χ4v) is 7.12. The van der Waals surface area contributed by atoms with Crippen LogP contribution in [0, 0.1) is 0 Å². The SMILES string of the molecule is CCOc1ccccc1NC(=O)C1=C(C)Nc2nc(SCc3ccccc3Cl)nn2C1c1ccc(OCc2c(Cl)cccc2Cl)c(OCC)c1. The smallest absolute Gasteiger partial charge is 0.255 e. The summed E-state index contributed by atoms with van der Waals surface area (Å²) in [6.07, 6.45) is 0. The van der Waals surface area contributed by atoms with Crippen LogP contribution >= 0.6 is 46.6 Å². The molecule has 0 saturated carbocycles. The van der Waals surface area contributed by atoms with Gasteiger partial charge in [-0.1, -0.05) is 89.0 Å². The monoisotopic (exact) mass is 749 g/mol. The zero-order valence-electron chi connectivity index (χ0n) is 27.5. The van der Waals surface area contributed by atoms with Crippen LogP contribution in [0.15, 0.2) is 101 Å². The summed E-state index contributed by atoms with van der Waals surface area (Å²) in [7, 11) is 0. The van der Waals surface area contributed by atoms with Crippen LogP contribution in [0.5, 0.6) is 17.2 Å². The number of halogens is 3. The number of ether oxygens (including phenoxy) is 3. The van der Waals surface area contributed by atoms with Gasteiger partial charge in [0.2, 0.25) is 11.1 Å². The molecule has 0 saturated heterocycles. The van der Waals surface area contributed by atoms with E-state index in [1.54, 1.807) is 28.9 Å². The zero-order chi connectivity index (χ0) is 35.2. The number of nitrogens with one attached hydrogen (secondary N) is 2. The van der Waals surface area contributed by atoms with Crippen LogP contribution in [0.4, 0.5) is 11.6 Å². The summed E-state index contributed by atoms with van der Waals surface area (Å²) in [6.45, 7) is 6.60. The van der Waals surface area contributed by atoms with Gasteiger partial charge in [-0.25, -0.2) is 4.68 Å². The second-order valence-electron chi connectivity index (χ2n) is 11.1. The van der Waals surface area contributed by atoms with Crippen LogP contribution in [0.25, 0.3) is 0 Å². The summed E-state index contributed by atoms with van der Waals surface area (Å²) in [5.41, 5.74) is 3.98. The Hall–Kier alpha value is -4.35. The molecule has 0 radical (unpaired) electrons. The fourth-order valence-electron chi connectivity index (χ4n) is 5.50. The highest BCUT2D eigenvalue weighted by molar-refractivity contribution is 7.98. The molecule has 1 unspecified atom stereocenters. The Balaban J connectivity index is 1.38. The van der Waals surface area contributed by atoms with Crippen molar-refractivity contribution in [1.82, 2.24) is 14.8 Å². The Labute approximate surface area is 309 Å². The van der Waals surface area contributed by atoms with Crippen molar-refractivity contribution in [3.05, 3.63) is 128 Å². The lowest BCUT2D eigenvalue weighted by molar-refractivity contribution is -0.113. The van der Waals surface area contributed by atoms with Crippen molar-refractivity contribution in [2.45, 2.75) is 44.3 Å². The first-order valence-corrected chi connectivity index (χ1v) is 18.0. The standard InChI is InChI=1S/C37H34Cl3N5O4S/c1-4-47-30-16-9-8-15-29(30)42-35(46)33-22(3)41-36-43-37(50-21-24-11-6-7-12-26(24)38)44-45(36)34(33)23-17-18-31(32(19-23)48-5-2)49-20-25-27(39)13-10-14-28(25)40/h6-19,34H,4-5,20-21H2,1-3H3,(H,42,46)(H,41,43,44). The molecule has 1 aromatic heterocycles. The fraction of sp³-hybridized carbons (Fsp3) is 0.216. The molecule has 9 nitrogen and oxygen atoms in total. The minimum Gasteiger partial charge on any atom is -0.492 e. The van der Waals surface area contributed by atoms with Crippen LogP contribution < -0.4 is 24.8 Å². The number of carbonyl (C=O) groups excluding carboxylic acids is 1. The van der Waals surface area contributed by atoms with Crippen LogP contribution in [-0.2, 0) is 17.2 Å². The molecule has 1 aliphatic heterocycles. The van der Waals surface area contributed by atoms with Gasteiger partial charge in [0.25, 0.3) is 5.91 Å². The van der Waals surface area contributed by atoms with E-state index in [0.717, 1.165) is 11.1 Å². The van der Waals surface area contributed by atoms with Gasteiger partial charge < -0.3 is 24.8 Å². The van der Waals surface area contributed by atoms with Gasteiger partial charge in [-0.2, -0.15) is 4.98 Å². The number of fused-ring (bicyclic) bond motifs is 1. The third kappa shape index (κ3) is 7.84. The number of thioether (sulfide) groups is 1. The third-order valence-corrected chi connectivity index (χ3v) is 9.81. The normalized spacial score (nSPS) is 13.8. The second kappa shape index (κ2) is 16.1. The van der Waals surface area contributed by atoms with Crippen molar-refractivity contribution in [1.29, 1.82) is 0 Å². The molecule has 6 rings (SSSR count). The Morgan fingerprint density at radius 2 is 1.56 bits per heavy atom. The molecule has 1 atom stereocenters. The average molecular weight is 751 g/mol. The van der Waals surface area contributed by atoms with E-state index in [4.69, 9.17) is 59.1 Å². The van der Waals surface area contributed by atoms with Gasteiger partial charge >= 0.3 is 0 Å². The lowest BCUT2D eigenvalue weighted by atomic mass is 9.94. The summed E-state index contributed by atoms with van der Waals surface area (Å²) < 4.78 is 19.8. The highest BCUT2D eigenvalue weighted by atomic mass is 35.5. The number of nitrogens with zero attached hydrogens (tertiary/aromatic N) is 3. The molecule has 0 fully saturated rings. The van der Waals surface area contributed by atoms with Crippen molar-refractivity contribution in [3.8, 4) is 17.2 Å². The summed E-state index contributed by atoms with van der Waals surface area (Å²) in [6, 6.07) is 25.2. The van der Waals surface area contributed by atoms with Gasteiger partial charge in [0, 0.05) is 32.1 Å². The third-order valence-electron chi connectivity index (χ3n) is 7.84. The van der Waals surface area contributed by atoms with Gasteiger partial charge in [0.15, 0.2) is 11.5 Å². The van der Waals surface area contributed by atoms with E-state index in [1.165, 1.54) is 11.8 Å². The molecule has 4 aromatic carbocycles. The zero-order valence-corrected chi connectivity index (χ0v) is 30.6. The van der Waals surface area contributed by atoms with Crippen molar-refractivity contribution in [2.75, 3.05) is 23.8 Å². The highest BCUT2D eigenvalue weighted by Crippen LogP contribution is 2.41. The first-order valence-electron chi connectivity index (χ1n) is 15.9. The molecule has 0 bridgehead atoms. The second-order valence-corrected chi connectivity index (χ2v) is 13.3. The predicted molar refractivity (Wildman–Crippen MR) is 200 cm³/mol. The lowest BCUT2D eigenvalue weighted by Crippen LogP contribution is -2.31. The van der Waals surface area contributed by atoms with Gasteiger partial charge in [-0.15, -0.1) is 5.10 Å². The first-order chi connectivity index (χ1) is 24.3. The number of hydrogen-bond donors (Lipinski definition) is 2. The predicted octanol–water partition coefficient (Wildman–Crippen LogP) is 9.83. The van der Waals surface area contributed by atoms with Crippen molar-refractivity contribution in [2.24, 2.45) is 0 Å². The van der Waals surface area contributed by atoms with E-state index in [9.17, 15) is 4.79 Å². The van der Waals surface area contributed by atoms with E-state index < -0.39 is 6.04 Å². The maximum absolute atomic E-state index is 14.3. The maximum Gasteiger partial charge on any atom is 0.255 e. The summed E-state index contributed by atoms with van der Waals surface area (Å²) in [5, 5.41) is 13.5. The van der Waals surface area contributed by atoms with Crippen LogP contribution in [0.1, 0.15) is 43.5 Å². The average Bonchev–Trinajstić information content (AvgIpc) is 3.51. The number of aromatic nitrogens is 3. The summed E-state index contributed by atoms with van der Waals surface area (Å²) >= 11 is 20.7. The van der Waals surface area contributed by atoms with Crippen molar-refractivity contribution in [3.63, 3.8) is 0 Å². The number of carbonyl (C=O) groups is 1. The van der Waals surface area contributed by atoms with Crippen LogP contribution in [0.2, 0.25) is 15.1 Å². The number of amides is 1. The molecule has 2 N–H and O–H groups in total. The molecule has 258 valence electrons. The largest absolute Gasteiger partial charge is 0.492 e. The van der Waals surface area contributed by atoms with Crippen molar-refractivity contribution >= 4 is 64.1 Å². The lowest BCUT2D eigenvalue weighted by Gasteiger charge is -2.29. The molecule has 2 heterocycles. The molecule has 0 spiro atoms. The summed E-state index contributed by atoms with van der Waals surface area (Å²) in [5.74, 6) is 2.28. The minimum absolute atomic E-state index is 0.135. The number of anilines is 2. The minimum atomic E-state index is -0.682. The van der Waals surface area contributed by atoms with E-state index in [-0.39, 0.29) is 12.5 Å². The Bertz CT molecular complexity index is 2030. The molecule has 5 aromatic rings. The molecular formula is C37H34Cl3N5O4S. The number of rotatable bonds is 13. The molecule has 1 aliphatic rings. The van der Waals surface area contributed by atoms with E-state index in [1.807, 2.05) is 81.4 Å². The molecule has 0 aliphatic carbocycles. The van der Waals surface area contributed by atoms with Gasteiger partial charge in [-0.05, 0) is 74.4 Å². The summed E-state index contributed by atoms with van der Waals surface area (Å²) in [4.78, 5) is 19.0. The van der Waals surface area contributed by atoms with E-state index in [2.05, 4.69) is 10.6 Å².